The Morgan fingerprint density at radius 1 is 1.11 bits per heavy atom. The average molecular weight is 375 g/mol. The molecule has 1 saturated heterocycles. The van der Waals surface area contributed by atoms with Crippen LogP contribution in [0.15, 0.2) is 28.8 Å². The molecule has 1 aromatic carbocycles. The second kappa shape index (κ2) is 6.65. The molecule has 7 heteroatoms. The van der Waals surface area contributed by atoms with Crippen LogP contribution in [-0.4, -0.2) is 33.8 Å². The number of halogens is 2. The Morgan fingerprint density at radius 2 is 1.93 bits per heavy atom. The van der Waals surface area contributed by atoms with Gasteiger partial charge in [-0.15, -0.1) is 0 Å². The van der Waals surface area contributed by atoms with Crippen LogP contribution in [0.25, 0.3) is 0 Å². The minimum atomic E-state index is -0.946. The fraction of sp³-hybridized carbons (Fsp3) is 0.550. The first-order valence-corrected chi connectivity index (χ1v) is 9.71. The number of nitrogens with zero attached hydrogens (tertiary/aromatic N) is 2. The lowest BCUT2D eigenvalue weighted by atomic mass is 9.99. The zero-order chi connectivity index (χ0) is 18.5. The molecule has 144 valence electrons. The van der Waals surface area contributed by atoms with Crippen molar-refractivity contribution in [1.82, 2.24) is 15.4 Å². The molecule has 1 aliphatic heterocycles. The van der Waals surface area contributed by atoms with Gasteiger partial charge in [0.2, 0.25) is 0 Å². The van der Waals surface area contributed by atoms with Crippen molar-refractivity contribution in [3.8, 4) is 0 Å². The highest BCUT2D eigenvalue weighted by atomic mass is 19.2. The average Bonchev–Trinajstić information content (AvgIpc) is 3.59. The lowest BCUT2D eigenvalue weighted by molar-refractivity contribution is 0.102. The maximum atomic E-state index is 13.8. The fourth-order valence-electron chi connectivity index (χ4n) is 4.21. The summed E-state index contributed by atoms with van der Waals surface area (Å²) in [6, 6.07) is 6.23. The summed E-state index contributed by atoms with van der Waals surface area (Å²) >= 11 is 0. The van der Waals surface area contributed by atoms with E-state index in [9.17, 15) is 13.9 Å². The van der Waals surface area contributed by atoms with Crippen molar-refractivity contribution in [2.24, 2.45) is 0 Å². The van der Waals surface area contributed by atoms with Crippen LogP contribution in [0.4, 0.5) is 8.78 Å². The Morgan fingerprint density at radius 3 is 2.63 bits per heavy atom. The molecule has 5 nitrogen and oxygen atoms in total. The molecule has 27 heavy (non-hydrogen) atoms. The fourth-order valence-corrected chi connectivity index (χ4v) is 4.21. The van der Waals surface area contributed by atoms with E-state index in [0.717, 1.165) is 50.0 Å². The van der Waals surface area contributed by atoms with Gasteiger partial charge in [0, 0.05) is 30.6 Å². The molecule has 3 atom stereocenters. The van der Waals surface area contributed by atoms with E-state index in [-0.39, 0.29) is 12.1 Å². The Kier molecular flexibility index (Phi) is 4.26. The number of aliphatic hydroxyl groups excluding tert-OH is 1. The summed E-state index contributed by atoms with van der Waals surface area (Å²) in [4.78, 5) is 2.34. The van der Waals surface area contributed by atoms with Gasteiger partial charge in [0.05, 0.1) is 6.04 Å². The Labute approximate surface area is 156 Å². The molecule has 0 radical (unpaired) electrons. The molecule has 1 aromatic heterocycles. The van der Waals surface area contributed by atoms with Gasteiger partial charge in [-0.3, -0.25) is 10.2 Å². The summed E-state index contributed by atoms with van der Waals surface area (Å²) in [7, 11) is 0. The largest absolute Gasteiger partial charge is 0.373 e. The van der Waals surface area contributed by atoms with Crippen LogP contribution >= 0.6 is 0 Å². The number of hydrogen-bond acceptors (Lipinski definition) is 5. The summed E-state index contributed by atoms with van der Waals surface area (Å²) in [5.74, 6) is -0.409. The van der Waals surface area contributed by atoms with Crippen molar-refractivity contribution in [2.45, 2.75) is 62.4 Å². The van der Waals surface area contributed by atoms with E-state index < -0.39 is 17.9 Å². The van der Waals surface area contributed by atoms with Crippen LogP contribution in [0.1, 0.15) is 67.3 Å². The molecule has 2 heterocycles. The lowest BCUT2D eigenvalue weighted by Gasteiger charge is -2.30. The second-order valence-corrected chi connectivity index (χ2v) is 7.98. The normalized spacial score (nSPS) is 27.2. The predicted octanol–water partition coefficient (Wildman–Crippen LogP) is 3.39. The van der Waals surface area contributed by atoms with E-state index in [1.165, 1.54) is 12.1 Å². The predicted molar refractivity (Wildman–Crippen MR) is 93.8 cm³/mol. The molecule has 2 aromatic rings. The zero-order valence-corrected chi connectivity index (χ0v) is 14.9. The highest BCUT2D eigenvalue weighted by Gasteiger charge is 2.43. The standard InChI is InChI=1S/C20H23F2N3O2/c21-14-6-3-12(9-15(14)22)19-16(7-8-25(19)13-4-5-13)23-20(26)17-10-18(27-24-17)11-1-2-11/h3,6,9-11,13,16,19-20,23,26H,1-2,4-5,7-8H2. The highest BCUT2D eigenvalue weighted by Crippen LogP contribution is 2.43. The van der Waals surface area contributed by atoms with E-state index in [0.29, 0.717) is 17.7 Å². The number of hydrogen-bond donors (Lipinski definition) is 2. The number of likely N-dealkylation sites (tertiary alicyclic amines) is 1. The second-order valence-electron chi connectivity index (χ2n) is 7.98. The van der Waals surface area contributed by atoms with Gasteiger partial charge in [-0.2, -0.15) is 0 Å². The SMILES string of the molecule is OC(NC1CCN(C2CC2)C1c1ccc(F)c(F)c1)c1cc(C2CC2)on1. The van der Waals surface area contributed by atoms with Gasteiger partial charge >= 0.3 is 0 Å². The minimum Gasteiger partial charge on any atom is -0.373 e. The first kappa shape index (κ1) is 17.3. The molecule has 2 N–H and O–H groups in total. The van der Waals surface area contributed by atoms with Gasteiger partial charge in [-0.1, -0.05) is 11.2 Å². The van der Waals surface area contributed by atoms with Crippen molar-refractivity contribution in [3.63, 3.8) is 0 Å². The van der Waals surface area contributed by atoms with Crippen LogP contribution in [0.5, 0.6) is 0 Å². The molecule has 0 amide bonds. The molecule has 2 aliphatic carbocycles. The summed E-state index contributed by atoms with van der Waals surface area (Å²) in [6.45, 7) is 0.866. The van der Waals surface area contributed by atoms with Crippen molar-refractivity contribution in [3.05, 3.63) is 52.9 Å². The lowest BCUT2D eigenvalue weighted by Crippen LogP contribution is -2.39. The molecule has 2 saturated carbocycles. The van der Waals surface area contributed by atoms with E-state index in [2.05, 4.69) is 15.4 Å². The maximum absolute atomic E-state index is 13.8. The summed E-state index contributed by atoms with van der Waals surface area (Å²) in [5, 5.41) is 17.9. The van der Waals surface area contributed by atoms with Crippen LogP contribution < -0.4 is 5.32 Å². The Bertz CT molecular complexity index is 834. The maximum Gasteiger partial charge on any atom is 0.159 e. The molecular formula is C20H23F2N3O2. The Balaban J connectivity index is 1.36. The smallest absolute Gasteiger partial charge is 0.159 e. The molecular weight excluding hydrogens is 352 g/mol. The third-order valence-corrected chi connectivity index (χ3v) is 5.92. The van der Waals surface area contributed by atoms with Crippen molar-refractivity contribution in [2.75, 3.05) is 6.54 Å². The van der Waals surface area contributed by atoms with Gasteiger partial charge in [-0.05, 0) is 49.8 Å². The number of rotatable bonds is 6. The molecule has 3 fully saturated rings. The summed E-state index contributed by atoms with van der Waals surface area (Å²) in [6.07, 6.45) is 4.35. The summed E-state index contributed by atoms with van der Waals surface area (Å²) < 4.78 is 32.6. The van der Waals surface area contributed by atoms with Crippen molar-refractivity contribution in [1.29, 1.82) is 0 Å². The Hall–Kier alpha value is -1.83. The number of aliphatic hydroxyl groups is 1. The topological polar surface area (TPSA) is 61.5 Å². The van der Waals surface area contributed by atoms with Crippen molar-refractivity contribution >= 4 is 0 Å². The summed E-state index contributed by atoms with van der Waals surface area (Å²) in [5.41, 5.74) is 1.22. The quantitative estimate of drug-likeness (QED) is 0.758. The zero-order valence-electron chi connectivity index (χ0n) is 14.9. The van der Waals surface area contributed by atoms with Crippen LogP contribution in [0.3, 0.4) is 0 Å². The minimum absolute atomic E-state index is 0.0773. The number of aromatic nitrogens is 1. The van der Waals surface area contributed by atoms with E-state index in [1.807, 2.05) is 6.07 Å². The number of benzene rings is 1. The molecule has 0 bridgehead atoms. The third kappa shape index (κ3) is 3.39. The van der Waals surface area contributed by atoms with Crippen molar-refractivity contribution < 1.29 is 18.4 Å². The van der Waals surface area contributed by atoms with Gasteiger partial charge in [0.1, 0.15) is 11.5 Å². The monoisotopic (exact) mass is 375 g/mol. The van der Waals surface area contributed by atoms with Gasteiger partial charge in [0.25, 0.3) is 0 Å². The molecule has 3 aliphatic rings. The molecule has 0 spiro atoms. The van der Waals surface area contributed by atoms with Crippen LogP contribution in [0, 0.1) is 11.6 Å². The van der Waals surface area contributed by atoms with E-state index in [4.69, 9.17) is 4.52 Å². The first-order chi connectivity index (χ1) is 13.1. The van der Waals surface area contributed by atoms with Crippen LogP contribution in [-0.2, 0) is 0 Å². The van der Waals surface area contributed by atoms with E-state index >= 15 is 0 Å². The van der Waals surface area contributed by atoms with Gasteiger partial charge < -0.3 is 9.63 Å². The van der Waals surface area contributed by atoms with Gasteiger partial charge in [-0.25, -0.2) is 8.78 Å². The first-order valence-electron chi connectivity index (χ1n) is 9.71. The van der Waals surface area contributed by atoms with Crippen LogP contribution in [0.2, 0.25) is 0 Å². The van der Waals surface area contributed by atoms with Gasteiger partial charge in [0.15, 0.2) is 17.9 Å². The molecule has 5 rings (SSSR count). The number of nitrogens with one attached hydrogen (secondary N) is 1. The third-order valence-electron chi connectivity index (χ3n) is 5.92. The molecule has 3 unspecified atom stereocenters. The van der Waals surface area contributed by atoms with E-state index in [1.54, 1.807) is 6.07 Å². The highest BCUT2D eigenvalue weighted by molar-refractivity contribution is 5.25.